The van der Waals surface area contributed by atoms with Gasteiger partial charge in [-0.3, -0.25) is 23.5 Å². The van der Waals surface area contributed by atoms with Gasteiger partial charge in [0.1, 0.15) is 17.3 Å². The van der Waals surface area contributed by atoms with E-state index in [0.29, 0.717) is 24.2 Å². The minimum atomic E-state index is -0.673. The molecule has 0 fully saturated rings. The third-order valence-electron chi connectivity index (χ3n) is 6.00. The molecule has 0 unspecified atom stereocenters. The van der Waals surface area contributed by atoms with Crippen LogP contribution < -0.4 is 26.6 Å². The monoisotopic (exact) mass is 533 g/mol. The summed E-state index contributed by atoms with van der Waals surface area (Å²) in [5, 5.41) is 14.6. The molecule has 0 aliphatic rings. The lowest BCUT2D eigenvalue weighted by Gasteiger charge is -2.20. The number of anilines is 2. The second-order valence-electron chi connectivity index (χ2n) is 8.55. The number of nitriles is 1. The molecule has 2 aromatic carbocycles. The van der Waals surface area contributed by atoms with Crippen LogP contribution in [-0.4, -0.2) is 41.8 Å². The highest BCUT2D eigenvalue weighted by Gasteiger charge is 2.21. The van der Waals surface area contributed by atoms with Crippen molar-refractivity contribution in [2.24, 2.45) is 0 Å². The number of aromatic nitrogens is 2. The Morgan fingerprint density at radius 2 is 1.69 bits per heavy atom. The van der Waals surface area contributed by atoms with Gasteiger partial charge in [-0.25, -0.2) is 4.79 Å². The molecule has 1 amide bonds. The maximum Gasteiger partial charge on any atom is 0.332 e. The van der Waals surface area contributed by atoms with Crippen molar-refractivity contribution in [1.29, 1.82) is 5.26 Å². The summed E-state index contributed by atoms with van der Waals surface area (Å²) in [6.07, 6.45) is 0.960. The summed E-state index contributed by atoms with van der Waals surface area (Å²) in [5.74, 6) is -0.119. The van der Waals surface area contributed by atoms with E-state index < -0.39 is 17.2 Å². The number of esters is 1. The SMILES string of the molecule is CCOC(=O)CCCCn1c(=O)c(NC(=O)c2ccc(C#N)cc2)c(NC)n(Cc2ccc(OC)cc2)c1=O. The van der Waals surface area contributed by atoms with E-state index in [-0.39, 0.29) is 49.2 Å². The first-order valence-corrected chi connectivity index (χ1v) is 12.5. The quantitative estimate of drug-likeness (QED) is 0.267. The number of amides is 1. The molecule has 0 radical (unpaired) electrons. The molecule has 0 bridgehead atoms. The zero-order valence-corrected chi connectivity index (χ0v) is 22.2. The number of ether oxygens (including phenoxy) is 2. The van der Waals surface area contributed by atoms with E-state index >= 15 is 0 Å². The van der Waals surface area contributed by atoms with Crippen molar-refractivity contribution in [2.75, 3.05) is 31.4 Å². The van der Waals surface area contributed by atoms with Crippen molar-refractivity contribution >= 4 is 23.4 Å². The molecule has 0 aliphatic carbocycles. The molecule has 204 valence electrons. The van der Waals surface area contributed by atoms with E-state index in [0.717, 1.165) is 10.1 Å². The molecular weight excluding hydrogens is 502 g/mol. The Hall–Kier alpha value is -4.85. The molecular formula is C28H31N5O6. The van der Waals surface area contributed by atoms with Crippen LogP contribution in [0.25, 0.3) is 0 Å². The molecule has 11 nitrogen and oxygen atoms in total. The van der Waals surface area contributed by atoms with Crippen molar-refractivity contribution in [3.05, 3.63) is 86.1 Å². The standard InChI is InChI=1S/C28H31N5O6/c1-4-39-23(34)7-5-6-16-32-27(36)24(31-26(35)21-12-8-19(17-29)9-13-21)25(30-2)33(28(32)37)18-20-10-14-22(38-3)15-11-20/h8-15,30H,4-7,16,18H2,1-3H3,(H,31,35). The number of hydrogen-bond acceptors (Lipinski definition) is 8. The van der Waals surface area contributed by atoms with Crippen molar-refractivity contribution < 1.29 is 19.1 Å². The number of unbranched alkanes of at least 4 members (excludes halogenated alkanes) is 1. The molecule has 1 aromatic heterocycles. The molecule has 0 atom stereocenters. The fourth-order valence-electron chi connectivity index (χ4n) is 3.98. The van der Waals surface area contributed by atoms with Crippen LogP contribution in [0.3, 0.4) is 0 Å². The summed E-state index contributed by atoms with van der Waals surface area (Å²) in [6, 6.07) is 15.1. The van der Waals surface area contributed by atoms with Crippen LogP contribution in [0.1, 0.15) is 47.7 Å². The van der Waals surface area contributed by atoms with Gasteiger partial charge in [0.2, 0.25) is 0 Å². The van der Waals surface area contributed by atoms with Crippen LogP contribution >= 0.6 is 0 Å². The van der Waals surface area contributed by atoms with Gasteiger partial charge >= 0.3 is 11.7 Å². The van der Waals surface area contributed by atoms with Crippen LogP contribution in [0.15, 0.2) is 58.1 Å². The first kappa shape index (κ1) is 28.7. The van der Waals surface area contributed by atoms with Crippen LogP contribution in [-0.2, 0) is 22.6 Å². The molecule has 3 rings (SSSR count). The third-order valence-corrected chi connectivity index (χ3v) is 6.00. The van der Waals surface area contributed by atoms with Crippen LogP contribution in [0.4, 0.5) is 11.5 Å². The van der Waals surface area contributed by atoms with E-state index in [1.165, 1.54) is 28.8 Å². The highest BCUT2D eigenvalue weighted by Crippen LogP contribution is 2.19. The average Bonchev–Trinajstić information content (AvgIpc) is 2.95. The molecule has 0 saturated heterocycles. The van der Waals surface area contributed by atoms with Gasteiger partial charge in [-0.2, -0.15) is 5.26 Å². The number of hydrogen-bond donors (Lipinski definition) is 2. The smallest absolute Gasteiger partial charge is 0.332 e. The van der Waals surface area contributed by atoms with E-state index in [9.17, 15) is 19.2 Å². The third kappa shape index (κ3) is 7.13. The molecule has 0 spiro atoms. The largest absolute Gasteiger partial charge is 0.497 e. The number of methoxy groups -OCH3 is 1. The summed E-state index contributed by atoms with van der Waals surface area (Å²) in [6.45, 7) is 2.16. The van der Waals surface area contributed by atoms with Gasteiger partial charge in [-0.15, -0.1) is 0 Å². The van der Waals surface area contributed by atoms with Crippen molar-refractivity contribution in [3.63, 3.8) is 0 Å². The molecule has 0 saturated carbocycles. The van der Waals surface area contributed by atoms with Crippen molar-refractivity contribution in [3.8, 4) is 11.8 Å². The summed E-state index contributed by atoms with van der Waals surface area (Å²) < 4.78 is 12.6. The molecule has 11 heteroatoms. The molecule has 39 heavy (non-hydrogen) atoms. The van der Waals surface area contributed by atoms with Gasteiger partial charge in [0, 0.05) is 25.6 Å². The minimum Gasteiger partial charge on any atom is -0.497 e. The topological polar surface area (TPSA) is 144 Å². The average molecular weight is 534 g/mol. The second-order valence-corrected chi connectivity index (χ2v) is 8.55. The highest BCUT2D eigenvalue weighted by atomic mass is 16.5. The lowest BCUT2D eigenvalue weighted by atomic mass is 10.1. The predicted octanol–water partition coefficient (Wildman–Crippen LogP) is 2.97. The Labute approximate surface area is 225 Å². The maximum atomic E-state index is 13.5. The summed E-state index contributed by atoms with van der Waals surface area (Å²) >= 11 is 0. The van der Waals surface area contributed by atoms with E-state index in [2.05, 4.69) is 10.6 Å². The fraction of sp³-hybridized carbons (Fsp3) is 0.321. The Morgan fingerprint density at radius 1 is 1.00 bits per heavy atom. The zero-order valence-electron chi connectivity index (χ0n) is 22.2. The Balaban J connectivity index is 2.01. The highest BCUT2D eigenvalue weighted by molar-refractivity contribution is 6.05. The molecule has 3 aromatic rings. The Bertz CT molecular complexity index is 1470. The van der Waals surface area contributed by atoms with Crippen LogP contribution in [0.2, 0.25) is 0 Å². The maximum absolute atomic E-state index is 13.5. The number of nitrogens with zero attached hydrogens (tertiary/aromatic N) is 3. The molecule has 1 heterocycles. The van der Waals surface area contributed by atoms with E-state index in [1.54, 1.807) is 45.3 Å². The van der Waals surface area contributed by atoms with Gasteiger partial charge in [0.25, 0.3) is 11.5 Å². The number of benzene rings is 2. The Kier molecular flexibility index (Phi) is 10.0. The van der Waals surface area contributed by atoms with E-state index in [4.69, 9.17) is 14.7 Å². The normalized spacial score (nSPS) is 10.4. The zero-order chi connectivity index (χ0) is 28.4. The van der Waals surface area contributed by atoms with E-state index in [1.807, 2.05) is 6.07 Å². The van der Waals surface area contributed by atoms with Crippen molar-refractivity contribution in [1.82, 2.24) is 9.13 Å². The summed E-state index contributed by atoms with van der Waals surface area (Å²) in [7, 11) is 3.11. The second kappa shape index (κ2) is 13.6. The van der Waals surface area contributed by atoms with Gasteiger partial charge in [-0.05, 0) is 61.7 Å². The van der Waals surface area contributed by atoms with Crippen LogP contribution in [0, 0.1) is 11.3 Å². The van der Waals surface area contributed by atoms with Gasteiger partial charge in [0.15, 0.2) is 0 Å². The summed E-state index contributed by atoms with van der Waals surface area (Å²) in [5.41, 5.74) is 0.0720. The first-order valence-electron chi connectivity index (χ1n) is 12.5. The van der Waals surface area contributed by atoms with Crippen molar-refractivity contribution in [2.45, 2.75) is 39.3 Å². The number of carbonyl (C=O) groups is 2. The minimum absolute atomic E-state index is 0.0451. The fourth-order valence-corrected chi connectivity index (χ4v) is 3.98. The number of nitrogens with one attached hydrogen (secondary N) is 2. The summed E-state index contributed by atoms with van der Waals surface area (Å²) in [4.78, 5) is 51.8. The number of rotatable bonds is 12. The predicted molar refractivity (Wildman–Crippen MR) is 146 cm³/mol. The van der Waals surface area contributed by atoms with Crippen LogP contribution in [0.5, 0.6) is 5.75 Å². The van der Waals surface area contributed by atoms with Gasteiger partial charge < -0.3 is 20.1 Å². The lowest BCUT2D eigenvalue weighted by molar-refractivity contribution is -0.143. The first-order chi connectivity index (χ1) is 18.8. The number of carbonyl (C=O) groups excluding carboxylic acids is 2. The Morgan fingerprint density at radius 3 is 2.28 bits per heavy atom. The molecule has 0 aliphatic heterocycles. The molecule has 2 N–H and O–H groups in total. The van der Waals surface area contributed by atoms with Gasteiger partial charge in [-0.1, -0.05) is 12.1 Å². The van der Waals surface area contributed by atoms with Gasteiger partial charge in [0.05, 0.1) is 31.9 Å². The lowest BCUT2D eigenvalue weighted by Crippen LogP contribution is -2.43.